The summed E-state index contributed by atoms with van der Waals surface area (Å²) in [6.07, 6.45) is 0. The van der Waals surface area contributed by atoms with Crippen LogP contribution in [0.1, 0.15) is 25.5 Å². The van der Waals surface area contributed by atoms with E-state index in [0.717, 1.165) is 5.56 Å². The average Bonchev–Trinajstić information content (AvgIpc) is 2.35. The van der Waals surface area contributed by atoms with E-state index >= 15 is 0 Å². The SMILES string of the molecule is CC(C)C(CO)NC(=O)C(N)c1ccccc1. The van der Waals surface area contributed by atoms with E-state index in [4.69, 9.17) is 10.8 Å². The van der Waals surface area contributed by atoms with E-state index in [1.807, 2.05) is 44.2 Å². The molecule has 1 rings (SSSR count). The summed E-state index contributed by atoms with van der Waals surface area (Å²) in [4.78, 5) is 11.9. The lowest BCUT2D eigenvalue weighted by Crippen LogP contribution is -2.45. The third-order valence-electron chi connectivity index (χ3n) is 2.77. The molecule has 0 saturated heterocycles. The van der Waals surface area contributed by atoms with Gasteiger partial charge in [0.25, 0.3) is 0 Å². The number of nitrogens with one attached hydrogen (secondary N) is 1. The Morgan fingerprint density at radius 2 is 1.94 bits per heavy atom. The van der Waals surface area contributed by atoms with Crippen LogP contribution in [0.5, 0.6) is 0 Å². The van der Waals surface area contributed by atoms with Gasteiger partial charge in [0.15, 0.2) is 0 Å². The number of carbonyl (C=O) groups is 1. The van der Waals surface area contributed by atoms with Gasteiger partial charge in [-0.3, -0.25) is 4.79 Å². The molecule has 0 saturated carbocycles. The van der Waals surface area contributed by atoms with Crippen LogP contribution in [-0.4, -0.2) is 23.7 Å². The largest absolute Gasteiger partial charge is 0.394 e. The lowest BCUT2D eigenvalue weighted by Gasteiger charge is -2.22. The summed E-state index contributed by atoms with van der Waals surface area (Å²) >= 11 is 0. The zero-order chi connectivity index (χ0) is 12.8. The van der Waals surface area contributed by atoms with E-state index in [1.54, 1.807) is 0 Å². The average molecular weight is 236 g/mol. The first-order valence-electron chi connectivity index (χ1n) is 5.78. The number of aliphatic hydroxyl groups excluding tert-OH is 1. The number of hydrogen-bond donors (Lipinski definition) is 3. The Labute approximate surface area is 102 Å². The number of aliphatic hydroxyl groups is 1. The zero-order valence-corrected chi connectivity index (χ0v) is 10.3. The van der Waals surface area contributed by atoms with Gasteiger partial charge < -0.3 is 16.2 Å². The Kier molecular flexibility index (Phi) is 5.12. The molecule has 1 aromatic carbocycles. The predicted molar refractivity (Wildman–Crippen MR) is 67.2 cm³/mol. The molecule has 1 amide bonds. The van der Waals surface area contributed by atoms with Crippen LogP contribution in [-0.2, 0) is 4.79 Å². The quantitative estimate of drug-likeness (QED) is 0.708. The van der Waals surface area contributed by atoms with E-state index in [2.05, 4.69) is 5.32 Å². The van der Waals surface area contributed by atoms with E-state index in [9.17, 15) is 4.79 Å². The minimum Gasteiger partial charge on any atom is -0.394 e. The van der Waals surface area contributed by atoms with Gasteiger partial charge in [0, 0.05) is 0 Å². The highest BCUT2D eigenvalue weighted by molar-refractivity contribution is 5.83. The Balaban J connectivity index is 2.64. The smallest absolute Gasteiger partial charge is 0.241 e. The molecular weight excluding hydrogens is 216 g/mol. The second-order valence-corrected chi connectivity index (χ2v) is 4.43. The van der Waals surface area contributed by atoms with Crippen molar-refractivity contribution in [1.29, 1.82) is 0 Å². The molecule has 0 aliphatic carbocycles. The molecule has 0 fully saturated rings. The Morgan fingerprint density at radius 3 is 2.41 bits per heavy atom. The van der Waals surface area contributed by atoms with Gasteiger partial charge >= 0.3 is 0 Å². The molecule has 4 nitrogen and oxygen atoms in total. The van der Waals surface area contributed by atoms with Crippen LogP contribution in [0.3, 0.4) is 0 Å². The van der Waals surface area contributed by atoms with Crippen LogP contribution in [0.2, 0.25) is 0 Å². The zero-order valence-electron chi connectivity index (χ0n) is 10.3. The highest BCUT2D eigenvalue weighted by Gasteiger charge is 2.20. The van der Waals surface area contributed by atoms with Crippen LogP contribution >= 0.6 is 0 Å². The maximum absolute atomic E-state index is 11.9. The van der Waals surface area contributed by atoms with Gasteiger partial charge in [0.1, 0.15) is 6.04 Å². The Hall–Kier alpha value is -1.39. The molecule has 2 unspecified atom stereocenters. The lowest BCUT2D eigenvalue weighted by molar-refractivity contribution is -0.123. The monoisotopic (exact) mass is 236 g/mol. The standard InChI is InChI=1S/C13H20N2O2/c1-9(2)11(8-16)15-13(17)12(14)10-6-4-3-5-7-10/h3-7,9,11-12,16H,8,14H2,1-2H3,(H,15,17). The molecule has 0 aromatic heterocycles. The molecule has 0 heterocycles. The number of carbonyl (C=O) groups excluding carboxylic acids is 1. The molecule has 0 radical (unpaired) electrons. The Morgan fingerprint density at radius 1 is 1.35 bits per heavy atom. The van der Waals surface area contributed by atoms with E-state index in [1.165, 1.54) is 0 Å². The van der Waals surface area contributed by atoms with Crippen LogP contribution in [0.25, 0.3) is 0 Å². The van der Waals surface area contributed by atoms with Crippen LogP contribution in [0.15, 0.2) is 30.3 Å². The fraction of sp³-hybridized carbons (Fsp3) is 0.462. The maximum atomic E-state index is 11.9. The van der Waals surface area contributed by atoms with Gasteiger partial charge in [-0.1, -0.05) is 44.2 Å². The molecule has 4 N–H and O–H groups in total. The van der Waals surface area contributed by atoms with Crippen molar-refractivity contribution in [2.24, 2.45) is 11.7 Å². The van der Waals surface area contributed by atoms with Crippen LogP contribution in [0.4, 0.5) is 0 Å². The number of amides is 1. The fourth-order valence-corrected chi connectivity index (χ4v) is 1.51. The summed E-state index contributed by atoms with van der Waals surface area (Å²) in [5.41, 5.74) is 6.62. The molecule has 2 atom stereocenters. The van der Waals surface area contributed by atoms with Gasteiger partial charge in [-0.25, -0.2) is 0 Å². The van der Waals surface area contributed by atoms with Gasteiger partial charge in [-0.2, -0.15) is 0 Å². The van der Waals surface area contributed by atoms with Crippen molar-refractivity contribution in [3.8, 4) is 0 Å². The fourth-order valence-electron chi connectivity index (χ4n) is 1.51. The van der Waals surface area contributed by atoms with Crippen molar-refractivity contribution in [2.45, 2.75) is 25.9 Å². The molecule has 0 aliphatic heterocycles. The topological polar surface area (TPSA) is 75.3 Å². The number of nitrogens with two attached hydrogens (primary N) is 1. The molecule has 94 valence electrons. The van der Waals surface area contributed by atoms with E-state index in [0.29, 0.717) is 0 Å². The number of hydrogen-bond acceptors (Lipinski definition) is 3. The minimum absolute atomic E-state index is 0.0785. The molecule has 4 heteroatoms. The van der Waals surface area contributed by atoms with E-state index in [-0.39, 0.29) is 24.5 Å². The Bertz CT molecular complexity index is 352. The van der Waals surface area contributed by atoms with Gasteiger partial charge in [0.05, 0.1) is 12.6 Å². The molecule has 0 bridgehead atoms. The third kappa shape index (κ3) is 3.84. The van der Waals surface area contributed by atoms with Crippen LogP contribution < -0.4 is 11.1 Å². The van der Waals surface area contributed by atoms with Crippen molar-refractivity contribution in [1.82, 2.24) is 5.32 Å². The normalized spacial score (nSPS) is 14.4. The van der Waals surface area contributed by atoms with Crippen LogP contribution in [0, 0.1) is 5.92 Å². The second kappa shape index (κ2) is 6.37. The molecule has 0 aliphatic rings. The molecule has 17 heavy (non-hydrogen) atoms. The summed E-state index contributed by atoms with van der Waals surface area (Å²) in [6, 6.07) is 8.24. The number of rotatable bonds is 5. The second-order valence-electron chi connectivity index (χ2n) is 4.43. The maximum Gasteiger partial charge on any atom is 0.241 e. The van der Waals surface area contributed by atoms with Crippen molar-refractivity contribution < 1.29 is 9.90 Å². The van der Waals surface area contributed by atoms with Gasteiger partial charge in [-0.05, 0) is 11.5 Å². The summed E-state index contributed by atoms with van der Waals surface area (Å²) in [6.45, 7) is 3.80. The number of benzene rings is 1. The summed E-state index contributed by atoms with van der Waals surface area (Å²) in [5, 5.41) is 11.9. The highest BCUT2D eigenvalue weighted by atomic mass is 16.3. The highest BCUT2D eigenvalue weighted by Crippen LogP contribution is 2.10. The lowest BCUT2D eigenvalue weighted by atomic mass is 10.0. The van der Waals surface area contributed by atoms with Crippen molar-refractivity contribution >= 4 is 5.91 Å². The summed E-state index contributed by atoms with van der Waals surface area (Å²) in [7, 11) is 0. The van der Waals surface area contributed by atoms with Crippen molar-refractivity contribution in [3.05, 3.63) is 35.9 Å². The van der Waals surface area contributed by atoms with E-state index < -0.39 is 6.04 Å². The van der Waals surface area contributed by atoms with Crippen molar-refractivity contribution in [3.63, 3.8) is 0 Å². The molecular formula is C13H20N2O2. The molecule has 0 spiro atoms. The minimum atomic E-state index is -0.691. The summed E-state index contributed by atoms with van der Waals surface area (Å²) < 4.78 is 0. The predicted octanol–water partition coefficient (Wildman–Crippen LogP) is 0.819. The summed E-state index contributed by atoms with van der Waals surface area (Å²) in [5.74, 6) is -0.0872. The first-order valence-corrected chi connectivity index (χ1v) is 5.78. The first kappa shape index (κ1) is 13.7. The van der Waals surface area contributed by atoms with Gasteiger partial charge in [0.2, 0.25) is 5.91 Å². The van der Waals surface area contributed by atoms with Crippen molar-refractivity contribution in [2.75, 3.05) is 6.61 Å². The molecule has 1 aromatic rings. The van der Waals surface area contributed by atoms with Gasteiger partial charge in [-0.15, -0.1) is 0 Å². The first-order chi connectivity index (χ1) is 8.06. The third-order valence-corrected chi connectivity index (χ3v) is 2.77.